The second-order valence-electron chi connectivity index (χ2n) is 5.60. The summed E-state index contributed by atoms with van der Waals surface area (Å²) in [5.74, 6) is 0.710. The summed E-state index contributed by atoms with van der Waals surface area (Å²) in [4.78, 5) is 12.0. The minimum Gasteiger partial charge on any atom is -0.324 e. The van der Waals surface area contributed by atoms with Gasteiger partial charge < -0.3 is 10.6 Å². The van der Waals surface area contributed by atoms with Crippen molar-refractivity contribution < 1.29 is 4.79 Å². The third-order valence-corrected chi connectivity index (χ3v) is 3.84. The molecule has 2 rings (SSSR count). The molecule has 0 heterocycles. The number of hydrogen-bond acceptors (Lipinski definition) is 2. The zero-order chi connectivity index (χ0) is 14.4. The molecule has 3 heteroatoms. The van der Waals surface area contributed by atoms with Crippen LogP contribution in [-0.4, -0.2) is 19.0 Å². The van der Waals surface area contributed by atoms with Gasteiger partial charge in [-0.3, -0.25) is 4.79 Å². The van der Waals surface area contributed by atoms with Crippen LogP contribution in [0.3, 0.4) is 0 Å². The molecule has 1 unspecified atom stereocenters. The third kappa shape index (κ3) is 4.20. The van der Waals surface area contributed by atoms with Gasteiger partial charge in [-0.1, -0.05) is 30.4 Å². The van der Waals surface area contributed by atoms with Crippen LogP contribution in [-0.2, 0) is 4.79 Å². The van der Waals surface area contributed by atoms with Gasteiger partial charge in [-0.05, 0) is 56.7 Å². The molecule has 0 spiro atoms. The number of rotatable bonds is 5. The van der Waals surface area contributed by atoms with E-state index in [1.807, 2.05) is 32.0 Å². The molecule has 1 aliphatic carbocycles. The molecule has 0 radical (unpaired) electrons. The molecular formula is C17H24N2O. The van der Waals surface area contributed by atoms with E-state index in [0.29, 0.717) is 12.5 Å². The molecule has 1 aromatic carbocycles. The van der Waals surface area contributed by atoms with Gasteiger partial charge in [0.2, 0.25) is 5.91 Å². The Kier molecular flexibility index (Phi) is 5.36. The monoisotopic (exact) mass is 272 g/mol. The molecule has 108 valence electrons. The number of para-hydroxylation sites is 1. The van der Waals surface area contributed by atoms with Gasteiger partial charge in [0.15, 0.2) is 0 Å². The molecule has 3 nitrogen and oxygen atoms in total. The molecule has 0 bridgehead atoms. The molecule has 1 amide bonds. The minimum absolute atomic E-state index is 0.0359. The maximum absolute atomic E-state index is 12.0. The number of anilines is 1. The molecular weight excluding hydrogens is 248 g/mol. The molecule has 0 saturated carbocycles. The number of hydrogen-bond donors (Lipinski definition) is 2. The molecule has 0 fully saturated rings. The Balaban J connectivity index is 1.76. The van der Waals surface area contributed by atoms with Gasteiger partial charge in [-0.2, -0.15) is 0 Å². The first-order valence-corrected chi connectivity index (χ1v) is 7.38. The maximum Gasteiger partial charge on any atom is 0.238 e. The van der Waals surface area contributed by atoms with Crippen molar-refractivity contribution in [2.45, 2.75) is 33.1 Å². The predicted octanol–water partition coefficient (Wildman–Crippen LogP) is 3.19. The number of amides is 1. The number of aryl methyl sites for hydroxylation is 2. The second-order valence-corrected chi connectivity index (χ2v) is 5.60. The molecule has 1 atom stereocenters. The van der Waals surface area contributed by atoms with Crippen LogP contribution in [0.25, 0.3) is 0 Å². The SMILES string of the molecule is Cc1cccc(C)c1NC(=O)CNCC1CC=CCC1. The summed E-state index contributed by atoms with van der Waals surface area (Å²) >= 11 is 0. The van der Waals surface area contributed by atoms with Gasteiger partial charge in [0, 0.05) is 5.69 Å². The van der Waals surface area contributed by atoms with Crippen LogP contribution in [0.5, 0.6) is 0 Å². The summed E-state index contributed by atoms with van der Waals surface area (Å²) < 4.78 is 0. The zero-order valence-electron chi connectivity index (χ0n) is 12.4. The van der Waals surface area contributed by atoms with E-state index in [-0.39, 0.29) is 5.91 Å². The van der Waals surface area contributed by atoms with Crippen LogP contribution in [0.4, 0.5) is 5.69 Å². The fourth-order valence-corrected chi connectivity index (χ4v) is 2.63. The number of benzene rings is 1. The van der Waals surface area contributed by atoms with Crippen molar-refractivity contribution in [1.29, 1.82) is 0 Å². The minimum atomic E-state index is 0.0359. The van der Waals surface area contributed by atoms with Crippen LogP contribution >= 0.6 is 0 Å². The largest absolute Gasteiger partial charge is 0.324 e. The lowest BCUT2D eigenvalue weighted by Gasteiger charge is -2.18. The van der Waals surface area contributed by atoms with Crippen molar-refractivity contribution in [1.82, 2.24) is 5.32 Å². The number of carbonyl (C=O) groups is 1. The Labute approximate surface area is 121 Å². The summed E-state index contributed by atoms with van der Waals surface area (Å²) in [6.07, 6.45) is 8.01. The first kappa shape index (κ1) is 14.8. The van der Waals surface area contributed by atoms with Crippen molar-refractivity contribution in [3.63, 3.8) is 0 Å². The predicted molar refractivity (Wildman–Crippen MR) is 83.9 cm³/mol. The Bertz CT molecular complexity index is 474. The lowest BCUT2D eigenvalue weighted by molar-refractivity contribution is -0.115. The second kappa shape index (κ2) is 7.25. The van der Waals surface area contributed by atoms with Crippen molar-refractivity contribution in [2.75, 3.05) is 18.4 Å². The fourth-order valence-electron chi connectivity index (χ4n) is 2.63. The average Bonchev–Trinajstić information content (AvgIpc) is 2.44. The normalized spacial score (nSPS) is 18.0. The number of allylic oxidation sites excluding steroid dienone is 2. The maximum atomic E-state index is 12.0. The van der Waals surface area contributed by atoms with Gasteiger partial charge >= 0.3 is 0 Å². The van der Waals surface area contributed by atoms with Crippen molar-refractivity contribution >= 4 is 11.6 Å². The lowest BCUT2D eigenvalue weighted by atomic mass is 9.94. The van der Waals surface area contributed by atoms with Gasteiger partial charge in [-0.15, -0.1) is 0 Å². The van der Waals surface area contributed by atoms with E-state index in [1.165, 1.54) is 12.8 Å². The Morgan fingerprint density at radius 3 is 2.65 bits per heavy atom. The van der Waals surface area contributed by atoms with Gasteiger partial charge in [0.1, 0.15) is 0 Å². The first-order valence-electron chi connectivity index (χ1n) is 7.38. The van der Waals surface area contributed by atoms with Crippen molar-refractivity contribution in [2.24, 2.45) is 5.92 Å². The van der Waals surface area contributed by atoms with E-state index < -0.39 is 0 Å². The van der Waals surface area contributed by atoms with Crippen LogP contribution in [0, 0.1) is 19.8 Å². The molecule has 0 aromatic heterocycles. The Morgan fingerprint density at radius 1 is 1.25 bits per heavy atom. The van der Waals surface area contributed by atoms with E-state index in [2.05, 4.69) is 22.8 Å². The molecule has 20 heavy (non-hydrogen) atoms. The summed E-state index contributed by atoms with van der Waals surface area (Å²) in [5.41, 5.74) is 3.16. The number of carbonyl (C=O) groups excluding carboxylic acids is 1. The lowest BCUT2D eigenvalue weighted by Crippen LogP contribution is -2.32. The summed E-state index contributed by atoms with van der Waals surface area (Å²) in [7, 11) is 0. The third-order valence-electron chi connectivity index (χ3n) is 3.84. The van der Waals surface area contributed by atoms with Crippen LogP contribution in [0.2, 0.25) is 0 Å². The fraction of sp³-hybridized carbons (Fsp3) is 0.471. The Morgan fingerprint density at radius 2 is 2.00 bits per heavy atom. The van der Waals surface area contributed by atoms with E-state index >= 15 is 0 Å². The quantitative estimate of drug-likeness (QED) is 0.808. The van der Waals surface area contributed by atoms with E-state index in [4.69, 9.17) is 0 Å². The van der Waals surface area contributed by atoms with Gasteiger partial charge in [0.05, 0.1) is 6.54 Å². The van der Waals surface area contributed by atoms with Crippen LogP contribution < -0.4 is 10.6 Å². The summed E-state index contributed by atoms with van der Waals surface area (Å²) in [5, 5.41) is 6.27. The smallest absolute Gasteiger partial charge is 0.238 e. The van der Waals surface area contributed by atoms with Crippen LogP contribution in [0.15, 0.2) is 30.4 Å². The van der Waals surface area contributed by atoms with Crippen molar-refractivity contribution in [3.8, 4) is 0 Å². The Hall–Kier alpha value is -1.61. The van der Waals surface area contributed by atoms with E-state index in [1.54, 1.807) is 0 Å². The summed E-state index contributed by atoms with van der Waals surface area (Å²) in [6, 6.07) is 6.05. The molecule has 0 aliphatic heterocycles. The highest BCUT2D eigenvalue weighted by Crippen LogP contribution is 2.19. The van der Waals surface area contributed by atoms with E-state index in [9.17, 15) is 4.79 Å². The van der Waals surface area contributed by atoms with Gasteiger partial charge in [0.25, 0.3) is 0 Å². The highest BCUT2D eigenvalue weighted by molar-refractivity contribution is 5.93. The highest BCUT2D eigenvalue weighted by atomic mass is 16.1. The molecule has 2 N–H and O–H groups in total. The standard InChI is InChI=1S/C17H24N2O/c1-13-7-6-8-14(2)17(13)19-16(20)12-18-11-15-9-4-3-5-10-15/h3-4,6-8,15,18H,5,9-12H2,1-2H3,(H,19,20). The number of nitrogens with one attached hydrogen (secondary N) is 2. The summed E-state index contributed by atoms with van der Waals surface area (Å²) in [6.45, 7) is 5.34. The first-order chi connectivity index (χ1) is 9.66. The van der Waals surface area contributed by atoms with Crippen molar-refractivity contribution in [3.05, 3.63) is 41.5 Å². The molecule has 1 aliphatic rings. The average molecular weight is 272 g/mol. The highest BCUT2D eigenvalue weighted by Gasteiger charge is 2.11. The molecule has 0 saturated heterocycles. The van der Waals surface area contributed by atoms with Gasteiger partial charge in [-0.25, -0.2) is 0 Å². The topological polar surface area (TPSA) is 41.1 Å². The molecule has 1 aromatic rings. The van der Waals surface area contributed by atoms with Crippen LogP contribution in [0.1, 0.15) is 30.4 Å². The van der Waals surface area contributed by atoms with E-state index in [0.717, 1.165) is 29.8 Å². The zero-order valence-corrected chi connectivity index (χ0v) is 12.4.